The van der Waals surface area contributed by atoms with Crippen LogP contribution in [0.2, 0.25) is 0 Å². The molecule has 4 heterocycles. The Morgan fingerprint density at radius 3 is 2.62 bits per heavy atom. The first-order valence-electron chi connectivity index (χ1n) is 8.86. The van der Waals surface area contributed by atoms with E-state index < -0.39 is 0 Å². The number of hydrogen-bond acceptors (Lipinski definition) is 7. The van der Waals surface area contributed by atoms with Crippen LogP contribution in [0.25, 0.3) is 5.65 Å². The van der Waals surface area contributed by atoms with Gasteiger partial charge in [0.05, 0.1) is 5.69 Å². The number of likely N-dealkylation sites (N-methyl/N-ethyl adjacent to an activating group) is 1. The first-order chi connectivity index (χ1) is 12.4. The highest BCUT2D eigenvalue weighted by atomic mass is 15.4. The van der Waals surface area contributed by atoms with E-state index in [1.807, 2.05) is 28.8 Å². The molecule has 26 heavy (non-hydrogen) atoms. The van der Waals surface area contributed by atoms with Gasteiger partial charge in [0, 0.05) is 37.3 Å². The van der Waals surface area contributed by atoms with Crippen LogP contribution in [0.1, 0.15) is 32.3 Å². The van der Waals surface area contributed by atoms with E-state index in [2.05, 4.69) is 58.0 Å². The fourth-order valence-corrected chi connectivity index (χ4v) is 3.14. The van der Waals surface area contributed by atoms with Crippen LogP contribution in [-0.4, -0.2) is 61.1 Å². The maximum atomic E-state index is 4.78. The van der Waals surface area contributed by atoms with Gasteiger partial charge in [-0.2, -0.15) is 14.7 Å². The number of rotatable bonds is 4. The van der Waals surface area contributed by atoms with E-state index in [9.17, 15) is 0 Å². The smallest absolute Gasteiger partial charge is 0.178 e. The number of anilines is 1. The monoisotopic (exact) mass is 352 g/mol. The highest BCUT2D eigenvalue weighted by Gasteiger charge is 2.32. The Hall–Kier alpha value is -2.61. The molecule has 8 heteroatoms. The predicted molar refractivity (Wildman–Crippen MR) is 99.0 cm³/mol. The van der Waals surface area contributed by atoms with E-state index in [0.717, 1.165) is 42.6 Å². The molecule has 8 nitrogen and oxygen atoms in total. The highest BCUT2D eigenvalue weighted by molar-refractivity contribution is 5.48. The second-order valence-corrected chi connectivity index (χ2v) is 7.92. The van der Waals surface area contributed by atoms with Gasteiger partial charge in [0.15, 0.2) is 11.5 Å². The Kier molecular flexibility index (Phi) is 4.07. The van der Waals surface area contributed by atoms with Crippen LogP contribution in [-0.2, 0) is 12.0 Å². The SMILES string of the molecule is CN(Cc1cccnn1)C1CN(c2ccc3nnc(C(C)(C)C)n3n2)C1. The van der Waals surface area contributed by atoms with E-state index in [-0.39, 0.29) is 5.41 Å². The van der Waals surface area contributed by atoms with Gasteiger partial charge >= 0.3 is 0 Å². The van der Waals surface area contributed by atoms with E-state index in [1.165, 1.54) is 0 Å². The van der Waals surface area contributed by atoms with Gasteiger partial charge in [-0.3, -0.25) is 4.90 Å². The summed E-state index contributed by atoms with van der Waals surface area (Å²) in [7, 11) is 2.13. The zero-order valence-corrected chi connectivity index (χ0v) is 15.7. The zero-order valence-electron chi connectivity index (χ0n) is 15.7. The summed E-state index contributed by atoms with van der Waals surface area (Å²) in [5.74, 6) is 1.85. The lowest BCUT2D eigenvalue weighted by atomic mass is 9.96. The molecule has 4 rings (SSSR count). The van der Waals surface area contributed by atoms with Crippen LogP contribution in [0.3, 0.4) is 0 Å². The Bertz CT molecular complexity index is 892. The first kappa shape index (κ1) is 16.8. The van der Waals surface area contributed by atoms with Gasteiger partial charge in [-0.25, -0.2) is 0 Å². The Morgan fingerprint density at radius 1 is 1.12 bits per heavy atom. The molecule has 1 fully saturated rings. The molecule has 3 aromatic rings. The van der Waals surface area contributed by atoms with Crippen LogP contribution in [0.4, 0.5) is 5.82 Å². The second kappa shape index (κ2) is 6.28. The molecule has 136 valence electrons. The molecule has 3 aromatic heterocycles. The van der Waals surface area contributed by atoms with Crippen molar-refractivity contribution in [2.45, 2.75) is 38.8 Å². The van der Waals surface area contributed by atoms with E-state index in [0.29, 0.717) is 6.04 Å². The summed E-state index contributed by atoms with van der Waals surface area (Å²) in [6.07, 6.45) is 1.70. The maximum Gasteiger partial charge on any atom is 0.178 e. The fraction of sp³-hybridized carbons (Fsp3) is 0.500. The fourth-order valence-electron chi connectivity index (χ4n) is 3.14. The lowest BCUT2D eigenvalue weighted by molar-refractivity contribution is 0.194. The molecule has 0 amide bonds. The van der Waals surface area contributed by atoms with Crippen LogP contribution in [0.5, 0.6) is 0 Å². The van der Waals surface area contributed by atoms with Crippen molar-refractivity contribution in [3.05, 3.63) is 42.0 Å². The van der Waals surface area contributed by atoms with Crippen LogP contribution in [0.15, 0.2) is 30.5 Å². The molecule has 0 radical (unpaired) electrons. The molecule has 0 unspecified atom stereocenters. The molecule has 0 bridgehead atoms. The average Bonchev–Trinajstić information content (AvgIpc) is 2.98. The topological polar surface area (TPSA) is 75.3 Å². The lowest BCUT2D eigenvalue weighted by Gasteiger charge is -2.44. The number of fused-ring (bicyclic) bond motifs is 1. The third-order valence-electron chi connectivity index (χ3n) is 4.77. The van der Waals surface area contributed by atoms with Crippen LogP contribution < -0.4 is 4.90 Å². The molecule has 0 atom stereocenters. The van der Waals surface area contributed by atoms with Crippen molar-refractivity contribution in [3.8, 4) is 0 Å². The summed E-state index contributed by atoms with van der Waals surface area (Å²) in [5, 5.41) is 21.4. The van der Waals surface area contributed by atoms with E-state index >= 15 is 0 Å². The summed E-state index contributed by atoms with van der Waals surface area (Å²) in [5.41, 5.74) is 1.68. The summed E-state index contributed by atoms with van der Waals surface area (Å²) in [6, 6.07) is 8.43. The van der Waals surface area contributed by atoms with Crippen molar-refractivity contribution in [1.82, 2.24) is 34.9 Å². The molecule has 1 aliphatic rings. The van der Waals surface area contributed by atoms with Gasteiger partial charge in [-0.05, 0) is 31.3 Å². The third kappa shape index (κ3) is 3.12. The molecule has 1 aliphatic heterocycles. The number of nitrogens with zero attached hydrogens (tertiary/aromatic N) is 8. The van der Waals surface area contributed by atoms with Crippen molar-refractivity contribution in [1.29, 1.82) is 0 Å². The Labute approximate surface area is 152 Å². The van der Waals surface area contributed by atoms with Gasteiger partial charge in [0.1, 0.15) is 5.82 Å². The van der Waals surface area contributed by atoms with Gasteiger partial charge in [-0.1, -0.05) is 20.8 Å². The molecule has 0 aromatic carbocycles. The van der Waals surface area contributed by atoms with Crippen LogP contribution >= 0.6 is 0 Å². The molecular formula is C18H24N8. The first-order valence-corrected chi connectivity index (χ1v) is 8.86. The zero-order chi connectivity index (χ0) is 18.3. The maximum absolute atomic E-state index is 4.78. The molecule has 0 saturated carbocycles. The quantitative estimate of drug-likeness (QED) is 0.705. The van der Waals surface area contributed by atoms with E-state index in [4.69, 9.17) is 5.10 Å². The minimum atomic E-state index is -0.0978. The standard InChI is InChI=1S/C18H24N8/c1-18(2,3)17-22-21-15-7-8-16(23-26(15)17)25-11-14(12-25)24(4)10-13-6-5-9-19-20-13/h5-9,14H,10-12H2,1-4H3. The minimum absolute atomic E-state index is 0.0978. The average molecular weight is 352 g/mol. The lowest BCUT2D eigenvalue weighted by Crippen LogP contribution is -2.58. The van der Waals surface area contributed by atoms with Gasteiger partial charge in [-0.15, -0.1) is 15.3 Å². The minimum Gasteiger partial charge on any atom is -0.352 e. The van der Waals surface area contributed by atoms with Gasteiger partial charge in [0.25, 0.3) is 0 Å². The molecule has 1 saturated heterocycles. The molecular weight excluding hydrogens is 328 g/mol. The second-order valence-electron chi connectivity index (χ2n) is 7.92. The van der Waals surface area contributed by atoms with Crippen LogP contribution in [0, 0.1) is 0 Å². The van der Waals surface area contributed by atoms with Crippen molar-refractivity contribution in [3.63, 3.8) is 0 Å². The summed E-state index contributed by atoms with van der Waals surface area (Å²) in [4.78, 5) is 4.60. The van der Waals surface area contributed by atoms with Gasteiger partial charge in [0.2, 0.25) is 0 Å². The normalized spacial score (nSPS) is 15.7. The number of hydrogen-bond donors (Lipinski definition) is 0. The Morgan fingerprint density at radius 2 is 1.92 bits per heavy atom. The largest absolute Gasteiger partial charge is 0.352 e. The summed E-state index contributed by atoms with van der Waals surface area (Å²) in [6.45, 7) is 9.07. The molecule has 0 aliphatic carbocycles. The van der Waals surface area contributed by atoms with Crippen molar-refractivity contribution < 1.29 is 0 Å². The Balaban J connectivity index is 1.45. The van der Waals surface area contributed by atoms with E-state index in [1.54, 1.807) is 6.20 Å². The van der Waals surface area contributed by atoms with Crippen molar-refractivity contribution >= 4 is 11.5 Å². The predicted octanol–water partition coefficient (Wildman–Crippen LogP) is 1.53. The van der Waals surface area contributed by atoms with Gasteiger partial charge < -0.3 is 4.90 Å². The number of aromatic nitrogens is 6. The summed E-state index contributed by atoms with van der Waals surface area (Å²) >= 11 is 0. The van der Waals surface area contributed by atoms with Crippen molar-refractivity contribution in [2.24, 2.45) is 0 Å². The summed E-state index contributed by atoms with van der Waals surface area (Å²) < 4.78 is 1.87. The highest BCUT2D eigenvalue weighted by Crippen LogP contribution is 2.25. The van der Waals surface area contributed by atoms with Crippen molar-refractivity contribution in [2.75, 3.05) is 25.0 Å². The molecule has 0 spiro atoms. The third-order valence-corrected chi connectivity index (χ3v) is 4.77. The molecule has 0 N–H and O–H groups in total.